The molecule has 3 aromatic heterocycles. The molecule has 0 aromatic carbocycles. The van der Waals surface area contributed by atoms with E-state index in [9.17, 15) is 4.39 Å². The molecule has 1 aliphatic rings. The van der Waals surface area contributed by atoms with Crippen molar-refractivity contribution in [2.75, 3.05) is 36.9 Å². The number of thiazole rings is 1. The van der Waals surface area contributed by atoms with Crippen LogP contribution in [0.1, 0.15) is 4.88 Å². The number of aromatic nitrogens is 5. The zero-order chi connectivity index (χ0) is 17.2. The largest absolute Gasteiger partial charge is 0.353 e. The predicted molar refractivity (Wildman–Crippen MR) is 94.8 cm³/mol. The van der Waals surface area contributed by atoms with Crippen molar-refractivity contribution in [3.63, 3.8) is 0 Å². The highest BCUT2D eigenvalue weighted by molar-refractivity contribution is 7.16. The first-order chi connectivity index (χ1) is 12.2. The second-order valence-corrected chi connectivity index (χ2v) is 6.69. The van der Waals surface area contributed by atoms with Crippen molar-refractivity contribution in [3.8, 4) is 11.3 Å². The van der Waals surface area contributed by atoms with Gasteiger partial charge < -0.3 is 15.5 Å². The van der Waals surface area contributed by atoms with Crippen LogP contribution in [0.25, 0.3) is 11.3 Å². The summed E-state index contributed by atoms with van der Waals surface area (Å²) in [5.74, 6) is 0.780. The van der Waals surface area contributed by atoms with Gasteiger partial charge in [0.1, 0.15) is 0 Å². The average Bonchev–Trinajstić information content (AvgIpc) is 3.21. The lowest BCUT2D eigenvalue weighted by Crippen LogP contribution is -2.32. The van der Waals surface area contributed by atoms with E-state index in [2.05, 4.69) is 40.7 Å². The Balaban J connectivity index is 1.62. The normalized spacial score (nSPS) is 13.3. The van der Waals surface area contributed by atoms with Gasteiger partial charge >= 0.3 is 0 Å². The third-order valence-corrected chi connectivity index (χ3v) is 4.98. The summed E-state index contributed by atoms with van der Waals surface area (Å²) in [6, 6.07) is 0. The second-order valence-electron chi connectivity index (χ2n) is 5.60. The van der Waals surface area contributed by atoms with Crippen LogP contribution < -0.4 is 15.5 Å². The lowest BCUT2D eigenvalue weighted by Gasteiger charge is -2.21. The van der Waals surface area contributed by atoms with E-state index in [0.717, 1.165) is 55.5 Å². The number of nitrogens with zero attached hydrogens (tertiary/aromatic N) is 5. The summed E-state index contributed by atoms with van der Waals surface area (Å²) in [5, 5.41) is 14.2. The molecular formula is C15H17FN8S. The van der Waals surface area contributed by atoms with Gasteiger partial charge in [0.05, 0.1) is 23.7 Å². The number of hydrogen-bond donors (Lipinski definition) is 3. The molecule has 0 spiro atoms. The number of nitrogens with one attached hydrogen (secondary N) is 3. The van der Waals surface area contributed by atoms with Gasteiger partial charge in [0.25, 0.3) is 0 Å². The fourth-order valence-corrected chi connectivity index (χ4v) is 3.72. The zero-order valence-corrected chi connectivity index (χ0v) is 14.4. The van der Waals surface area contributed by atoms with Crippen molar-refractivity contribution in [2.24, 2.45) is 0 Å². The maximum Gasteiger partial charge on any atom is 0.229 e. The molecule has 3 N–H and O–H groups in total. The van der Waals surface area contributed by atoms with E-state index in [0.29, 0.717) is 11.1 Å². The molecule has 0 atom stereocenters. The van der Waals surface area contributed by atoms with Gasteiger partial charge in [-0.25, -0.2) is 19.3 Å². The molecule has 1 aliphatic heterocycles. The van der Waals surface area contributed by atoms with Gasteiger partial charge in [-0.2, -0.15) is 5.10 Å². The van der Waals surface area contributed by atoms with Crippen LogP contribution in [0.5, 0.6) is 0 Å². The number of fused-ring (bicyclic) bond motifs is 3. The number of likely N-dealkylation sites (N-methyl/N-ethyl adjacent to an activating group) is 1. The van der Waals surface area contributed by atoms with Crippen molar-refractivity contribution in [1.82, 2.24) is 30.5 Å². The van der Waals surface area contributed by atoms with Crippen LogP contribution in [-0.4, -0.2) is 51.8 Å². The SMILES string of the molecule is CNCCN1CCc2sc(Nc3ncc(F)cn3)nc2-c2c[nH]nc21. The van der Waals surface area contributed by atoms with Gasteiger partial charge in [0.2, 0.25) is 5.95 Å². The molecule has 130 valence electrons. The molecule has 8 nitrogen and oxygen atoms in total. The minimum atomic E-state index is -0.467. The Kier molecular flexibility index (Phi) is 4.28. The van der Waals surface area contributed by atoms with Crippen molar-refractivity contribution in [1.29, 1.82) is 0 Å². The Labute approximate surface area is 147 Å². The van der Waals surface area contributed by atoms with E-state index in [1.54, 1.807) is 11.3 Å². The highest BCUT2D eigenvalue weighted by Crippen LogP contribution is 2.38. The molecule has 25 heavy (non-hydrogen) atoms. The van der Waals surface area contributed by atoms with Gasteiger partial charge in [-0.15, -0.1) is 11.3 Å². The summed E-state index contributed by atoms with van der Waals surface area (Å²) in [7, 11) is 1.94. The van der Waals surface area contributed by atoms with Crippen LogP contribution in [0.4, 0.5) is 21.3 Å². The average molecular weight is 360 g/mol. The fourth-order valence-electron chi connectivity index (χ4n) is 2.76. The fraction of sp³-hybridized carbons (Fsp3) is 0.333. The highest BCUT2D eigenvalue weighted by Gasteiger charge is 2.25. The van der Waals surface area contributed by atoms with Crippen LogP contribution in [0, 0.1) is 5.82 Å². The van der Waals surface area contributed by atoms with Gasteiger partial charge in [-0.1, -0.05) is 0 Å². The molecule has 0 bridgehead atoms. The highest BCUT2D eigenvalue weighted by atomic mass is 32.1. The number of H-pyrrole nitrogens is 1. The third-order valence-electron chi connectivity index (χ3n) is 3.95. The van der Waals surface area contributed by atoms with Crippen LogP contribution >= 0.6 is 11.3 Å². The Morgan fingerprint density at radius 2 is 2.20 bits per heavy atom. The molecule has 3 aromatic rings. The summed E-state index contributed by atoms with van der Waals surface area (Å²) in [4.78, 5) is 16.0. The molecule has 0 saturated heterocycles. The molecule has 4 heterocycles. The van der Waals surface area contributed by atoms with Gasteiger partial charge in [0.15, 0.2) is 16.8 Å². The third kappa shape index (κ3) is 3.17. The molecule has 0 amide bonds. The van der Waals surface area contributed by atoms with Crippen molar-refractivity contribution in [3.05, 3.63) is 29.3 Å². The van der Waals surface area contributed by atoms with Crippen molar-refractivity contribution >= 4 is 28.2 Å². The topological polar surface area (TPSA) is 94.6 Å². The predicted octanol–water partition coefficient (Wildman–Crippen LogP) is 1.79. The van der Waals surface area contributed by atoms with E-state index >= 15 is 0 Å². The monoisotopic (exact) mass is 360 g/mol. The molecule has 0 radical (unpaired) electrons. The van der Waals surface area contributed by atoms with E-state index in [1.807, 2.05) is 13.2 Å². The summed E-state index contributed by atoms with van der Waals surface area (Å²) in [6.07, 6.45) is 5.02. The molecule has 10 heteroatoms. The van der Waals surface area contributed by atoms with E-state index in [-0.39, 0.29) is 0 Å². The minimum Gasteiger partial charge on any atom is -0.353 e. The lowest BCUT2D eigenvalue weighted by molar-refractivity contribution is 0.614. The van der Waals surface area contributed by atoms with E-state index in [1.165, 1.54) is 4.88 Å². The number of anilines is 3. The zero-order valence-electron chi connectivity index (χ0n) is 13.6. The Morgan fingerprint density at radius 1 is 1.36 bits per heavy atom. The standard InChI is InChI=1S/C15H17FN8S/c1-17-3-5-24-4-2-11-12(10-8-20-23-13(10)24)21-15(25-11)22-14-18-6-9(16)7-19-14/h6-8,17H,2-5H2,1H3,(H,20,23)(H,18,19,21,22). The summed E-state index contributed by atoms with van der Waals surface area (Å²) >= 11 is 1.56. The first-order valence-electron chi connectivity index (χ1n) is 7.92. The number of halogens is 1. The second kappa shape index (κ2) is 6.73. The summed E-state index contributed by atoms with van der Waals surface area (Å²) < 4.78 is 12.9. The van der Waals surface area contributed by atoms with Gasteiger partial charge in [-0.3, -0.25) is 5.10 Å². The molecule has 0 aliphatic carbocycles. The van der Waals surface area contributed by atoms with Gasteiger partial charge in [-0.05, 0) is 7.05 Å². The number of rotatable bonds is 5. The van der Waals surface area contributed by atoms with E-state index in [4.69, 9.17) is 0 Å². The van der Waals surface area contributed by atoms with Crippen LogP contribution in [0.2, 0.25) is 0 Å². The van der Waals surface area contributed by atoms with Crippen LogP contribution in [-0.2, 0) is 6.42 Å². The summed E-state index contributed by atoms with van der Waals surface area (Å²) in [6.45, 7) is 2.65. The van der Waals surface area contributed by atoms with Crippen LogP contribution in [0.15, 0.2) is 18.6 Å². The van der Waals surface area contributed by atoms with Crippen molar-refractivity contribution in [2.45, 2.75) is 6.42 Å². The minimum absolute atomic E-state index is 0.327. The molecule has 0 fully saturated rings. The Morgan fingerprint density at radius 3 is 3.00 bits per heavy atom. The number of aromatic amines is 1. The molecule has 4 rings (SSSR count). The number of hydrogen-bond acceptors (Lipinski definition) is 8. The molecular weight excluding hydrogens is 343 g/mol. The quantitative estimate of drug-likeness (QED) is 0.638. The first kappa shape index (κ1) is 15.9. The lowest BCUT2D eigenvalue weighted by atomic mass is 10.2. The summed E-state index contributed by atoms with van der Waals surface area (Å²) in [5.41, 5.74) is 1.92. The maximum absolute atomic E-state index is 12.9. The van der Waals surface area contributed by atoms with Gasteiger partial charge in [0, 0.05) is 37.1 Å². The smallest absolute Gasteiger partial charge is 0.229 e. The first-order valence-corrected chi connectivity index (χ1v) is 8.74. The van der Waals surface area contributed by atoms with Crippen LogP contribution in [0.3, 0.4) is 0 Å². The van der Waals surface area contributed by atoms with Crippen molar-refractivity contribution < 1.29 is 4.39 Å². The molecule has 0 unspecified atom stereocenters. The molecule has 0 saturated carbocycles. The maximum atomic E-state index is 12.9. The Bertz CT molecular complexity index is 859. The van der Waals surface area contributed by atoms with E-state index < -0.39 is 5.82 Å². The Hall–Kier alpha value is -2.59.